The monoisotopic (exact) mass is 434 g/mol. The van der Waals surface area contributed by atoms with Gasteiger partial charge in [0.1, 0.15) is 16.6 Å². The number of benzene rings is 2. The Morgan fingerprint density at radius 2 is 1.69 bits per heavy atom. The summed E-state index contributed by atoms with van der Waals surface area (Å²) >= 11 is 7.50. The van der Waals surface area contributed by atoms with Gasteiger partial charge in [0.15, 0.2) is 0 Å². The molecule has 0 atom stereocenters. The van der Waals surface area contributed by atoms with E-state index in [0.717, 1.165) is 21.8 Å². The van der Waals surface area contributed by atoms with Gasteiger partial charge in [-0.25, -0.2) is 8.78 Å². The maximum Gasteiger partial charge on any atom is 0.255 e. The number of aromatic nitrogens is 2. The lowest BCUT2D eigenvalue weighted by molar-refractivity contribution is 0.0747. The average Bonchev–Trinajstić information content (AvgIpc) is 3.18. The lowest BCUT2D eigenvalue weighted by atomic mass is 10.1. The third kappa shape index (κ3) is 4.54. The van der Waals surface area contributed by atoms with Crippen LogP contribution in [0.5, 0.6) is 0 Å². The molecule has 0 radical (unpaired) electrons. The predicted octanol–water partition coefficient (Wildman–Crippen LogP) is 4.02. The zero-order valence-corrected chi connectivity index (χ0v) is 16.9. The third-order valence-corrected chi connectivity index (χ3v) is 6.02. The highest BCUT2D eigenvalue weighted by atomic mass is 35.5. The minimum absolute atomic E-state index is 0.118. The van der Waals surface area contributed by atoms with Crippen LogP contribution in [0.15, 0.2) is 42.5 Å². The van der Waals surface area contributed by atoms with Gasteiger partial charge in [0.25, 0.3) is 5.91 Å². The highest BCUT2D eigenvalue weighted by Crippen LogP contribution is 2.25. The molecule has 0 unspecified atom stereocenters. The Morgan fingerprint density at radius 1 is 1.00 bits per heavy atom. The van der Waals surface area contributed by atoms with Crippen molar-refractivity contribution >= 4 is 34.0 Å². The number of rotatable bonds is 4. The van der Waals surface area contributed by atoms with E-state index in [4.69, 9.17) is 11.6 Å². The summed E-state index contributed by atoms with van der Waals surface area (Å²) in [4.78, 5) is 16.4. The van der Waals surface area contributed by atoms with Crippen molar-refractivity contribution in [2.75, 3.05) is 31.1 Å². The van der Waals surface area contributed by atoms with E-state index in [9.17, 15) is 13.6 Å². The van der Waals surface area contributed by atoms with Gasteiger partial charge in [-0.3, -0.25) is 4.79 Å². The van der Waals surface area contributed by atoms with E-state index >= 15 is 0 Å². The number of nitrogens with zero attached hydrogens (tertiary/aromatic N) is 4. The molecule has 1 aliphatic heterocycles. The summed E-state index contributed by atoms with van der Waals surface area (Å²) in [6.07, 6.45) is 0.597. The summed E-state index contributed by atoms with van der Waals surface area (Å²) in [5.41, 5.74) is 1.28. The Bertz CT molecular complexity index is 1020. The Balaban J connectivity index is 1.36. The van der Waals surface area contributed by atoms with Gasteiger partial charge in [-0.05, 0) is 35.9 Å². The number of hydrogen-bond donors (Lipinski definition) is 0. The largest absolute Gasteiger partial charge is 0.343 e. The first-order valence-electron chi connectivity index (χ1n) is 9.06. The van der Waals surface area contributed by atoms with E-state index in [1.807, 2.05) is 0 Å². The van der Waals surface area contributed by atoms with Gasteiger partial charge in [0.2, 0.25) is 5.13 Å². The first-order valence-corrected chi connectivity index (χ1v) is 10.2. The second-order valence-corrected chi connectivity index (χ2v) is 8.13. The van der Waals surface area contributed by atoms with Gasteiger partial charge in [-0.15, -0.1) is 10.2 Å². The van der Waals surface area contributed by atoms with Gasteiger partial charge in [0.05, 0.1) is 10.6 Å². The van der Waals surface area contributed by atoms with E-state index in [-0.39, 0.29) is 16.7 Å². The number of hydrogen-bond acceptors (Lipinski definition) is 5. The van der Waals surface area contributed by atoms with Gasteiger partial charge >= 0.3 is 0 Å². The summed E-state index contributed by atoms with van der Waals surface area (Å²) < 4.78 is 26.2. The summed E-state index contributed by atoms with van der Waals surface area (Å²) in [6.45, 7) is 2.27. The molecule has 0 spiro atoms. The maximum atomic E-state index is 13.2. The fourth-order valence-corrected chi connectivity index (χ4v) is 4.33. The molecule has 4 rings (SSSR count). The average molecular weight is 435 g/mol. The molecule has 0 N–H and O–H groups in total. The van der Waals surface area contributed by atoms with Crippen LogP contribution in [0.25, 0.3) is 0 Å². The number of amides is 1. The fourth-order valence-electron chi connectivity index (χ4n) is 3.15. The SMILES string of the molecule is O=C(c1ccc(F)cc1Cl)N1CCN(c2nnc(Cc3ccc(F)cc3)s2)CC1. The van der Waals surface area contributed by atoms with Crippen LogP contribution < -0.4 is 4.90 Å². The van der Waals surface area contributed by atoms with Crippen molar-refractivity contribution < 1.29 is 13.6 Å². The number of halogens is 3. The Hall–Kier alpha value is -2.58. The number of carbonyl (C=O) groups excluding carboxylic acids is 1. The van der Waals surface area contributed by atoms with Crippen molar-refractivity contribution in [2.24, 2.45) is 0 Å². The summed E-state index contributed by atoms with van der Waals surface area (Å²) in [6, 6.07) is 10.1. The normalized spacial score (nSPS) is 14.3. The predicted molar refractivity (Wildman–Crippen MR) is 109 cm³/mol. The second-order valence-electron chi connectivity index (χ2n) is 6.69. The molecule has 2 heterocycles. The first kappa shape index (κ1) is 19.7. The van der Waals surface area contributed by atoms with Gasteiger partial charge in [0, 0.05) is 32.6 Å². The van der Waals surface area contributed by atoms with Crippen molar-refractivity contribution in [2.45, 2.75) is 6.42 Å². The Morgan fingerprint density at radius 3 is 2.38 bits per heavy atom. The number of piperazine rings is 1. The lowest BCUT2D eigenvalue weighted by Crippen LogP contribution is -2.48. The van der Waals surface area contributed by atoms with Crippen LogP contribution in [0.1, 0.15) is 20.9 Å². The molecule has 1 fully saturated rings. The molecule has 1 saturated heterocycles. The van der Waals surface area contributed by atoms with Crippen LogP contribution in [-0.2, 0) is 6.42 Å². The van der Waals surface area contributed by atoms with Crippen LogP contribution in [0.3, 0.4) is 0 Å². The minimum Gasteiger partial charge on any atom is -0.343 e. The molecule has 0 saturated carbocycles. The quantitative estimate of drug-likeness (QED) is 0.622. The zero-order chi connectivity index (χ0) is 20.4. The van der Waals surface area contributed by atoms with E-state index in [1.54, 1.807) is 17.0 Å². The molecule has 29 heavy (non-hydrogen) atoms. The fraction of sp³-hybridized carbons (Fsp3) is 0.250. The van der Waals surface area contributed by atoms with Crippen LogP contribution in [0.4, 0.5) is 13.9 Å². The molecule has 9 heteroatoms. The molecule has 1 aliphatic rings. The second kappa shape index (κ2) is 8.42. The van der Waals surface area contributed by atoms with E-state index in [2.05, 4.69) is 15.1 Å². The van der Waals surface area contributed by atoms with Gasteiger partial charge < -0.3 is 9.80 Å². The standard InChI is InChI=1S/C20H17ClF2N4OS/c21-17-12-15(23)5-6-16(17)19(28)26-7-9-27(10-8-26)20-25-24-18(29-20)11-13-1-3-14(22)4-2-13/h1-6,12H,7-11H2. The molecule has 0 bridgehead atoms. The Labute approximate surface area is 175 Å². The highest BCUT2D eigenvalue weighted by Gasteiger charge is 2.25. The molecule has 1 aromatic heterocycles. The van der Waals surface area contributed by atoms with Crippen LogP contribution >= 0.6 is 22.9 Å². The molecule has 2 aromatic carbocycles. The van der Waals surface area contributed by atoms with Crippen LogP contribution in [0, 0.1) is 11.6 Å². The Kier molecular flexibility index (Phi) is 5.73. The minimum atomic E-state index is -0.468. The van der Waals surface area contributed by atoms with Gasteiger partial charge in [-0.2, -0.15) is 0 Å². The van der Waals surface area contributed by atoms with Crippen molar-refractivity contribution in [3.63, 3.8) is 0 Å². The highest BCUT2D eigenvalue weighted by molar-refractivity contribution is 7.15. The summed E-state index contributed by atoms with van der Waals surface area (Å²) in [7, 11) is 0. The van der Waals surface area contributed by atoms with E-state index in [1.165, 1.54) is 35.6 Å². The number of carbonyl (C=O) groups is 1. The van der Waals surface area contributed by atoms with Crippen molar-refractivity contribution in [1.29, 1.82) is 0 Å². The molecular weight excluding hydrogens is 418 g/mol. The van der Waals surface area contributed by atoms with Crippen LogP contribution in [-0.4, -0.2) is 47.2 Å². The maximum absolute atomic E-state index is 13.2. The molecule has 0 aliphatic carbocycles. The zero-order valence-electron chi connectivity index (χ0n) is 15.3. The van der Waals surface area contributed by atoms with Crippen molar-refractivity contribution in [3.05, 3.63) is 75.3 Å². The summed E-state index contributed by atoms with van der Waals surface area (Å²) in [5.74, 6) is -0.936. The molecule has 150 valence electrons. The molecule has 1 amide bonds. The first-order chi connectivity index (χ1) is 14.0. The molecule has 3 aromatic rings. The summed E-state index contributed by atoms with van der Waals surface area (Å²) in [5, 5.41) is 10.3. The van der Waals surface area contributed by atoms with Crippen LogP contribution in [0.2, 0.25) is 5.02 Å². The van der Waals surface area contributed by atoms with E-state index in [0.29, 0.717) is 38.2 Å². The topological polar surface area (TPSA) is 49.3 Å². The lowest BCUT2D eigenvalue weighted by Gasteiger charge is -2.34. The van der Waals surface area contributed by atoms with Crippen molar-refractivity contribution in [3.8, 4) is 0 Å². The third-order valence-electron chi connectivity index (χ3n) is 4.72. The van der Waals surface area contributed by atoms with Crippen molar-refractivity contribution in [1.82, 2.24) is 15.1 Å². The van der Waals surface area contributed by atoms with E-state index < -0.39 is 5.82 Å². The smallest absolute Gasteiger partial charge is 0.255 e. The molecular formula is C20H17ClF2N4OS. The molecule has 5 nitrogen and oxygen atoms in total. The van der Waals surface area contributed by atoms with Gasteiger partial charge in [-0.1, -0.05) is 35.1 Å². The number of anilines is 1.